The zero-order valence-electron chi connectivity index (χ0n) is 13.4. The van der Waals surface area contributed by atoms with Crippen molar-refractivity contribution in [3.05, 3.63) is 40.3 Å². The highest BCUT2D eigenvalue weighted by molar-refractivity contribution is 7.09. The van der Waals surface area contributed by atoms with E-state index in [0.717, 1.165) is 34.9 Å². The van der Waals surface area contributed by atoms with Crippen LogP contribution in [-0.4, -0.2) is 47.0 Å². The van der Waals surface area contributed by atoms with Gasteiger partial charge in [0.15, 0.2) is 5.58 Å². The van der Waals surface area contributed by atoms with Crippen LogP contribution in [0.4, 0.5) is 6.01 Å². The maximum Gasteiger partial charge on any atom is 0.298 e. The fourth-order valence-electron chi connectivity index (χ4n) is 2.90. The number of benzene rings is 1. The summed E-state index contributed by atoms with van der Waals surface area (Å²) in [6, 6.07) is 8.39. The van der Waals surface area contributed by atoms with Crippen LogP contribution in [0.5, 0.6) is 0 Å². The molecular formula is C17H18N4O2S. The minimum atomic E-state index is 0.137. The first kappa shape index (κ1) is 15.1. The molecule has 1 aliphatic rings. The summed E-state index contributed by atoms with van der Waals surface area (Å²) in [7, 11) is 0. The van der Waals surface area contributed by atoms with Gasteiger partial charge in [0, 0.05) is 31.6 Å². The minimum Gasteiger partial charge on any atom is -0.423 e. The number of aromatic nitrogens is 2. The Bertz CT molecular complexity index is 831. The molecule has 1 aliphatic heterocycles. The van der Waals surface area contributed by atoms with Crippen molar-refractivity contribution in [2.75, 3.05) is 31.1 Å². The summed E-state index contributed by atoms with van der Waals surface area (Å²) in [6.45, 7) is 4.78. The third-order valence-electron chi connectivity index (χ3n) is 4.18. The fraction of sp³-hybridized carbons (Fsp3) is 0.353. The Morgan fingerprint density at radius 3 is 2.71 bits per heavy atom. The molecule has 0 bridgehead atoms. The molecule has 2 aromatic heterocycles. The van der Waals surface area contributed by atoms with Crippen LogP contribution in [0.1, 0.15) is 10.7 Å². The number of fused-ring (bicyclic) bond motifs is 1. The van der Waals surface area contributed by atoms with Crippen LogP contribution < -0.4 is 4.90 Å². The standard InChI is InChI=1S/C17H18N4O2S/c1-12-18-13(11-24-12)10-16(22)20-6-8-21(9-7-20)17-19-14-4-2-3-5-15(14)23-17/h2-5,11H,6-10H2,1H3. The lowest BCUT2D eigenvalue weighted by atomic mass is 10.2. The number of hydrogen-bond donors (Lipinski definition) is 0. The second-order valence-corrected chi connectivity index (χ2v) is 6.93. The van der Waals surface area contributed by atoms with Gasteiger partial charge in [0.25, 0.3) is 6.01 Å². The molecule has 3 aromatic rings. The Balaban J connectivity index is 1.38. The number of carbonyl (C=O) groups is 1. The molecule has 7 heteroatoms. The van der Waals surface area contributed by atoms with E-state index in [1.165, 1.54) is 0 Å². The van der Waals surface area contributed by atoms with Crippen molar-refractivity contribution in [1.82, 2.24) is 14.9 Å². The molecule has 0 radical (unpaired) electrons. The predicted octanol–water partition coefficient (Wildman–Crippen LogP) is 2.48. The lowest BCUT2D eigenvalue weighted by Gasteiger charge is -2.33. The van der Waals surface area contributed by atoms with Gasteiger partial charge in [-0.15, -0.1) is 11.3 Å². The summed E-state index contributed by atoms with van der Waals surface area (Å²) in [5.41, 5.74) is 2.53. The lowest BCUT2D eigenvalue weighted by Crippen LogP contribution is -2.49. The maximum absolute atomic E-state index is 12.4. The van der Waals surface area contributed by atoms with Crippen molar-refractivity contribution in [2.24, 2.45) is 0 Å². The smallest absolute Gasteiger partial charge is 0.298 e. The minimum absolute atomic E-state index is 0.137. The Morgan fingerprint density at radius 2 is 2.00 bits per heavy atom. The van der Waals surface area contributed by atoms with E-state index in [9.17, 15) is 4.79 Å². The van der Waals surface area contributed by atoms with E-state index in [2.05, 4.69) is 14.9 Å². The SMILES string of the molecule is Cc1nc(CC(=O)N2CCN(c3nc4ccccc4o3)CC2)cs1. The number of piperazine rings is 1. The molecule has 0 atom stereocenters. The second kappa shape index (κ2) is 6.24. The van der Waals surface area contributed by atoms with Gasteiger partial charge in [-0.1, -0.05) is 12.1 Å². The van der Waals surface area contributed by atoms with Crippen molar-refractivity contribution in [2.45, 2.75) is 13.3 Å². The number of nitrogens with zero attached hydrogens (tertiary/aromatic N) is 4. The number of amides is 1. The second-order valence-electron chi connectivity index (χ2n) is 5.87. The highest BCUT2D eigenvalue weighted by Crippen LogP contribution is 2.22. The highest BCUT2D eigenvalue weighted by Gasteiger charge is 2.24. The molecule has 1 saturated heterocycles. The third kappa shape index (κ3) is 2.99. The zero-order valence-corrected chi connectivity index (χ0v) is 14.3. The van der Waals surface area contributed by atoms with Crippen LogP contribution in [-0.2, 0) is 11.2 Å². The van der Waals surface area contributed by atoms with Crippen LogP contribution in [0.25, 0.3) is 11.1 Å². The van der Waals surface area contributed by atoms with Gasteiger partial charge in [0.1, 0.15) is 5.52 Å². The number of thiazole rings is 1. The van der Waals surface area contributed by atoms with E-state index in [-0.39, 0.29) is 5.91 Å². The van der Waals surface area contributed by atoms with Crippen molar-refractivity contribution >= 4 is 34.4 Å². The molecule has 4 rings (SSSR count). The van der Waals surface area contributed by atoms with Crippen molar-refractivity contribution in [1.29, 1.82) is 0 Å². The van der Waals surface area contributed by atoms with Gasteiger partial charge in [0.2, 0.25) is 5.91 Å². The van der Waals surface area contributed by atoms with Crippen molar-refractivity contribution in [3.63, 3.8) is 0 Å². The van der Waals surface area contributed by atoms with Gasteiger partial charge < -0.3 is 14.2 Å². The normalized spacial score (nSPS) is 15.2. The molecule has 3 heterocycles. The molecule has 0 spiro atoms. The third-order valence-corrected chi connectivity index (χ3v) is 5.01. The highest BCUT2D eigenvalue weighted by atomic mass is 32.1. The number of anilines is 1. The lowest BCUT2D eigenvalue weighted by molar-refractivity contribution is -0.130. The van der Waals surface area contributed by atoms with Gasteiger partial charge in [0.05, 0.1) is 17.1 Å². The average Bonchev–Trinajstić information content (AvgIpc) is 3.21. The van der Waals surface area contributed by atoms with Gasteiger partial charge in [-0.3, -0.25) is 4.79 Å². The first-order chi connectivity index (χ1) is 11.7. The van der Waals surface area contributed by atoms with Crippen LogP contribution in [0.15, 0.2) is 34.1 Å². The van der Waals surface area contributed by atoms with Gasteiger partial charge in [-0.2, -0.15) is 4.98 Å². The monoisotopic (exact) mass is 342 g/mol. The van der Waals surface area contributed by atoms with Crippen molar-refractivity contribution in [3.8, 4) is 0 Å². The van der Waals surface area contributed by atoms with E-state index >= 15 is 0 Å². The summed E-state index contributed by atoms with van der Waals surface area (Å²) >= 11 is 1.58. The average molecular weight is 342 g/mol. The number of rotatable bonds is 3. The maximum atomic E-state index is 12.4. The summed E-state index contributed by atoms with van der Waals surface area (Å²) in [4.78, 5) is 25.3. The van der Waals surface area contributed by atoms with Crippen LogP contribution in [0.3, 0.4) is 0 Å². The fourth-order valence-corrected chi connectivity index (χ4v) is 3.51. The molecule has 0 saturated carbocycles. The molecular weight excluding hydrogens is 324 g/mol. The molecule has 0 N–H and O–H groups in total. The molecule has 124 valence electrons. The first-order valence-electron chi connectivity index (χ1n) is 7.98. The number of oxazole rings is 1. The topological polar surface area (TPSA) is 62.5 Å². The van der Waals surface area contributed by atoms with Crippen LogP contribution in [0.2, 0.25) is 0 Å². The molecule has 24 heavy (non-hydrogen) atoms. The zero-order chi connectivity index (χ0) is 16.5. The Morgan fingerprint density at radius 1 is 1.21 bits per heavy atom. The van der Waals surface area contributed by atoms with Gasteiger partial charge in [-0.25, -0.2) is 4.98 Å². The molecule has 1 amide bonds. The van der Waals surface area contributed by atoms with Crippen LogP contribution in [0, 0.1) is 6.92 Å². The Hall–Kier alpha value is -2.41. The Kier molecular flexibility index (Phi) is 3.93. The van der Waals surface area contributed by atoms with Crippen LogP contribution >= 0.6 is 11.3 Å². The molecule has 6 nitrogen and oxygen atoms in total. The van der Waals surface area contributed by atoms with E-state index in [1.807, 2.05) is 41.5 Å². The first-order valence-corrected chi connectivity index (χ1v) is 8.86. The largest absolute Gasteiger partial charge is 0.423 e. The number of para-hydroxylation sites is 2. The summed E-state index contributed by atoms with van der Waals surface area (Å²) in [5.74, 6) is 0.137. The summed E-state index contributed by atoms with van der Waals surface area (Å²) in [6.07, 6.45) is 0.382. The molecule has 1 fully saturated rings. The van der Waals surface area contributed by atoms with E-state index in [4.69, 9.17) is 4.42 Å². The number of carbonyl (C=O) groups excluding carboxylic acids is 1. The number of hydrogen-bond acceptors (Lipinski definition) is 6. The quantitative estimate of drug-likeness (QED) is 0.732. The summed E-state index contributed by atoms with van der Waals surface area (Å²) in [5, 5.41) is 2.96. The summed E-state index contributed by atoms with van der Waals surface area (Å²) < 4.78 is 5.80. The van der Waals surface area contributed by atoms with Gasteiger partial charge >= 0.3 is 0 Å². The van der Waals surface area contributed by atoms with Crippen molar-refractivity contribution < 1.29 is 9.21 Å². The van der Waals surface area contributed by atoms with E-state index < -0.39 is 0 Å². The number of aryl methyl sites for hydroxylation is 1. The van der Waals surface area contributed by atoms with Gasteiger partial charge in [-0.05, 0) is 19.1 Å². The molecule has 0 aliphatic carbocycles. The van der Waals surface area contributed by atoms with E-state index in [1.54, 1.807) is 11.3 Å². The predicted molar refractivity (Wildman–Crippen MR) is 93.4 cm³/mol. The molecule has 0 unspecified atom stereocenters. The Labute approximate surface area is 143 Å². The van der Waals surface area contributed by atoms with E-state index in [0.29, 0.717) is 25.5 Å². The molecule has 1 aromatic carbocycles.